The highest BCUT2D eigenvalue weighted by Crippen LogP contribution is 2.48. The minimum absolute atomic E-state index is 0.284. The van der Waals surface area contributed by atoms with Crippen LogP contribution in [0.25, 0.3) is 0 Å². The Balaban J connectivity index is 1.79. The summed E-state index contributed by atoms with van der Waals surface area (Å²) >= 11 is 6.01. The molecule has 6 heteroatoms. The van der Waals surface area contributed by atoms with Gasteiger partial charge in [0.25, 0.3) is 0 Å². The molecule has 1 aliphatic rings. The predicted octanol–water partition coefficient (Wildman–Crippen LogP) is 4.32. The Morgan fingerprint density at radius 3 is 2.23 bits per heavy atom. The second kappa shape index (κ2) is 7.00. The molecule has 2 N–H and O–H groups in total. The van der Waals surface area contributed by atoms with Crippen LogP contribution in [0.5, 0.6) is 5.75 Å². The van der Waals surface area contributed by atoms with Crippen LogP contribution in [0.4, 0.5) is 11.4 Å². The summed E-state index contributed by atoms with van der Waals surface area (Å²) in [7, 11) is 1.51. The molecule has 0 bridgehead atoms. The number of halogens is 1. The Kier molecular flexibility index (Phi) is 4.92. The van der Waals surface area contributed by atoms with Gasteiger partial charge >= 0.3 is 0 Å². The molecule has 2 amide bonds. The molecule has 0 aromatic heterocycles. The predicted molar refractivity (Wildman–Crippen MR) is 103 cm³/mol. The van der Waals surface area contributed by atoms with Gasteiger partial charge in [0.15, 0.2) is 0 Å². The van der Waals surface area contributed by atoms with E-state index in [9.17, 15) is 9.59 Å². The fraction of sp³-hybridized carbons (Fsp3) is 0.300. The lowest BCUT2D eigenvalue weighted by Gasteiger charge is -2.18. The molecule has 5 nitrogen and oxygen atoms in total. The molecule has 1 aliphatic carbocycles. The van der Waals surface area contributed by atoms with Crippen LogP contribution >= 0.6 is 11.6 Å². The third-order valence-electron chi connectivity index (χ3n) is 4.75. The van der Waals surface area contributed by atoms with Gasteiger partial charge in [0.2, 0.25) is 11.8 Å². The minimum atomic E-state index is -1.05. The largest absolute Gasteiger partial charge is 0.495 e. The number of hydrogen-bond acceptors (Lipinski definition) is 3. The number of aryl methyl sites for hydroxylation is 2. The van der Waals surface area contributed by atoms with Crippen molar-refractivity contribution in [2.24, 2.45) is 5.41 Å². The molecule has 0 heterocycles. The van der Waals surface area contributed by atoms with Crippen LogP contribution in [-0.4, -0.2) is 18.9 Å². The van der Waals surface area contributed by atoms with Crippen molar-refractivity contribution in [3.05, 3.63) is 52.5 Å². The first-order valence-electron chi connectivity index (χ1n) is 8.40. The number of para-hydroxylation sites is 1. The molecular weight excluding hydrogens is 352 g/mol. The topological polar surface area (TPSA) is 67.4 Å². The van der Waals surface area contributed by atoms with Gasteiger partial charge in [-0.15, -0.1) is 0 Å². The molecule has 0 unspecified atom stereocenters. The number of hydrogen-bond donors (Lipinski definition) is 2. The minimum Gasteiger partial charge on any atom is -0.495 e. The number of carbonyl (C=O) groups is 2. The van der Waals surface area contributed by atoms with E-state index in [4.69, 9.17) is 16.3 Å². The Morgan fingerprint density at radius 1 is 1.04 bits per heavy atom. The van der Waals surface area contributed by atoms with Gasteiger partial charge in [-0.1, -0.05) is 29.8 Å². The Labute approximate surface area is 157 Å². The van der Waals surface area contributed by atoms with Crippen molar-refractivity contribution in [1.82, 2.24) is 0 Å². The van der Waals surface area contributed by atoms with Crippen molar-refractivity contribution < 1.29 is 14.3 Å². The maximum absolute atomic E-state index is 12.8. The molecule has 0 atom stereocenters. The second-order valence-electron chi connectivity index (χ2n) is 6.60. The number of benzene rings is 2. The average Bonchev–Trinajstić information content (AvgIpc) is 3.40. The Hall–Kier alpha value is -2.53. The lowest BCUT2D eigenvalue weighted by molar-refractivity contribution is -0.131. The molecule has 26 heavy (non-hydrogen) atoms. The van der Waals surface area contributed by atoms with Crippen molar-refractivity contribution in [3.8, 4) is 5.75 Å². The van der Waals surface area contributed by atoms with Crippen LogP contribution in [0.3, 0.4) is 0 Å². The first-order chi connectivity index (χ1) is 12.4. The number of anilines is 2. The highest BCUT2D eigenvalue weighted by Gasteiger charge is 2.56. The number of carbonyl (C=O) groups excluding carboxylic acids is 2. The average molecular weight is 373 g/mol. The highest BCUT2D eigenvalue weighted by atomic mass is 35.5. The zero-order chi connectivity index (χ0) is 18.9. The van der Waals surface area contributed by atoms with Crippen LogP contribution in [0.15, 0.2) is 36.4 Å². The molecule has 1 saturated carbocycles. The number of amides is 2. The summed E-state index contributed by atoms with van der Waals surface area (Å²) in [6, 6.07) is 10.8. The van der Waals surface area contributed by atoms with Gasteiger partial charge in [-0.2, -0.15) is 0 Å². The zero-order valence-electron chi connectivity index (χ0n) is 15.0. The van der Waals surface area contributed by atoms with Crippen LogP contribution in [0.1, 0.15) is 24.0 Å². The quantitative estimate of drug-likeness (QED) is 0.768. The summed E-state index contributed by atoms with van der Waals surface area (Å²) in [4.78, 5) is 25.6. The van der Waals surface area contributed by atoms with Crippen molar-refractivity contribution in [3.63, 3.8) is 0 Å². The zero-order valence-corrected chi connectivity index (χ0v) is 15.7. The van der Waals surface area contributed by atoms with Gasteiger partial charge in [0.1, 0.15) is 11.2 Å². The standard InChI is InChI=1S/C20H21ClN2O3/c1-12-5-4-6-13(2)17(12)23-19(25)20(9-10-20)18(24)22-15-11-14(21)7-8-16(15)26-3/h4-8,11H,9-10H2,1-3H3,(H,22,24)(H,23,25). The van der Waals surface area contributed by atoms with Gasteiger partial charge in [0, 0.05) is 10.7 Å². The third-order valence-corrected chi connectivity index (χ3v) is 4.98. The molecule has 2 aromatic rings. The summed E-state index contributed by atoms with van der Waals surface area (Å²) in [6.45, 7) is 3.86. The first kappa shape index (κ1) is 18.3. The lowest BCUT2D eigenvalue weighted by atomic mass is 10.0. The molecule has 136 valence electrons. The van der Waals surface area contributed by atoms with Gasteiger partial charge in [-0.05, 0) is 56.0 Å². The molecule has 3 rings (SSSR count). The van der Waals surface area contributed by atoms with Gasteiger partial charge in [-0.3, -0.25) is 9.59 Å². The molecule has 2 aromatic carbocycles. The highest BCUT2D eigenvalue weighted by molar-refractivity contribution is 6.31. The maximum atomic E-state index is 12.8. The van der Waals surface area contributed by atoms with Crippen molar-refractivity contribution >= 4 is 34.8 Å². The number of ether oxygens (including phenoxy) is 1. The van der Waals surface area contributed by atoms with Crippen molar-refractivity contribution in [2.75, 3.05) is 17.7 Å². The normalized spacial score (nSPS) is 14.5. The smallest absolute Gasteiger partial charge is 0.240 e. The summed E-state index contributed by atoms with van der Waals surface area (Å²) in [5.41, 5.74) is 2.09. The van der Waals surface area contributed by atoms with Crippen molar-refractivity contribution in [2.45, 2.75) is 26.7 Å². The van der Waals surface area contributed by atoms with E-state index >= 15 is 0 Å². The van der Waals surface area contributed by atoms with E-state index in [0.717, 1.165) is 16.8 Å². The summed E-state index contributed by atoms with van der Waals surface area (Å²) in [6.07, 6.45) is 1.02. The molecule has 0 saturated heterocycles. The van der Waals surface area contributed by atoms with E-state index in [2.05, 4.69) is 10.6 Å². The summed E-state index contributed by atoms with van der Waals surface area (Å²) in [5.74, 6) is -0.135. The van der Waals surface area contributed by atoms with E-state index in [0.29, 0.717) is 29.3 Å². The van der Waals surface area contributed by atoms with E-state index in [1.807, 2.05) is 32.0 Å². The van der Waals surface area contributed by atoms with Crippen LogP contribution in [-0.2, 0) is 9.59 Å². The molecular formula is C20H21ClN2O3. The second-order valence-corrected chi connectivity index (χ2v) is 7.04. The van der Waals surface area contributed by atoms with Crippen LogP contribution in [0.2, 0.25) is 5.02 Å². The third kappa shape index (κ3) is 3.40. The fourth-order valence-electron chi connectivity index (χ4n) is 2.95. The van der Waals surface area contributed by atoms with E-state index in [1.54, 1.807) is 18.2 Å². The molecule has 1 fully saturated rings. The van der Waals surface area contributed by atoms with Gasteiger partial charge in [0.05, 0.1) is 12.8 Å². The monoisotopic (exact) mass is 372 g/mol. The molecule has 0 aliphatic heterocycles. The fourth-order valence-corrected chi connectivity index (χ4v) is 3.12. The van der Waals surface area contributed by atoms with Crippen molar-refractivity contribution in [1.29, 1.82) is 0 Å². The number of methoxy groups -OCH3 is 1. The van der Waals surface area contributed by atoms with E-state index < -0.39 is 5.41 Å². The van der Waals surface area contributed by atoms with Gasteiger partial charge in [-0.25, -0.2) is 0 Å². The lowest BCUT2D eigenvalue weighted by Crippen LogP contribution is -2.36. The summed E-state index contributed by atoms with van der Waals surface area (Å²) < 4.78 is 5.25. The van der Waals surface area contributed by atoms with Crippen LogP contribution in [0, 0.1) is 19.3 Å². The SMILES string of the molecule is COc1ccc(Cl)cc1NC(=O)C1(C(=O)Nc2c(C)cccc2C)CC1. The number of rotatable bonds is 5. The maximum Gasteiger partial charge on any atom is 0.240 e. The molecule has 0 radical (unpaired) electrons. The van der Waals surface area contributed by atoms with E-state index in [-0.39, 0.29) is 11.8 Å². The van der Waals surface area contributed by atoms with Gasteiger partial charge < -0.3 is 15.4 Å². The van der Waals surface area contributed by atoms with Crippen LogP contribution < -0.4 is 15.4 Å². The summed E-state index contributed by atoms with van der Waals surface area (Å²) in [5, 5.41) is 6.20. The molecule has 0 spiro atoms. The number of nitrogens with one attached hydrogen (secondary N) is 2. The first-order valence-corrected chi connectivity index (χ1v) is 8.78. The van der Waals surface area contributed by atoms with E-state index in [1.165, 1.54) is 7.11 Å². The Morgan fingerprint density at radius 2 is 1.65 bits per heavy atom. The Bertz CT molecular complexity index is 855.